The molecule has 0 fully saturated rings. The first-order chi connectivity index (χ1) is 15.7. The minimum atomic E-state index is -3.67. The Morgan fingerprint density at radius 1 is 0.970 bits per heavy atom. The fourth-order valence-electron chi connectivity index (χ4n) is 3.52. The van der Waals surface area contributed by atoms with E-state index in [1.807, 2.05) is 75.4 Å². The molecule has 0 bridgehead atoms. The van der Waals surface area contributed by atoms with Gasteiger partial charge in [0.1, 0.15) is 6.04 Å². The molecule has 174 valence electrons. The predicted molar refractivity (Wildman–Crippen MR) is 138 cm³/mol. The molecule has 0 heterocycles. The Morgan fingerprint density at radius 3 is 2.21 bits per heavy atom. The average molecular weight is 483 g/mol. The van der Waals surface area contributed by atoms with Gasteiger partial charge in [-0.2, -0.15) is 0 Å². The van der Waals surface area contributed by atoms with Gasteiger partial charge < -0.3 is 5.32 Å². The number of amides is 1. The quantitative estimate of drug-likeness (QED) is 0.393. The summed E-state index contributed by atoms with van der Waals surface area (Å²) in [4.78, 5) is 14.3. The SMILES string of the molecule is CC[C@H](C(=O)Nc1ccc(CSc2ccccc2)cc1)N(c1ccc(C)c(C)c1)S(C)(=O)=O. The van der Waals surface area contributed by atoms with Crippen LogP contribution in [0.1, 0.15) is 30.0 Å². The van der Waals surface area contributed by atoms with Crippen LogP contribution in [0.4, 0.5) is 11.4 Å². The van der Waals surface area contributed by atoms with Crippen LogP contribution >= 0.6 is 11.8 Å². The first kappa shape index (κ1) is 24.9. The van der Waals surface area contributed by atoms with Crippen molar-refractivity contribution in [2.45, 2.75) is 43.9 Å². The lowest BCUT2D eigenvalue weighted by Gasteiger charge is -2.30. The molecule has 3 aromatic carbocycles. The first-order valence-corrected chi connectivity index (χ1v) is 13.7. The van der Waals surface area contributed by atoms with E-state index in [1.54, 1.807) is 17.8 Å². The highest BCUT2D eigenvalue weighted by atomic mass is 32.2. The summed E-state index contributed by atoms with van der Waals surface area (Å²) < 4.78 is 26.5. The van der Waals surface area contributed by atoms with E-state index in [-0.39, 0.29) is 5.91 Å². The summed E-state index contributed by atoms with van der Waals surface area (Å²) >= 11 is 1.75. The third-order valence-corrected chi connectivity index (χ3v) is 7.71. The Balaban J connectivity index is 1.74. The molecule has 0 aliphatic rings. The highest BCUT2D eigenvalue weighted by molar-refractivity contribution is 7.98. The van der Waals surface area contributed by atoms with E-state index < -0.39 is 16.1 Å². The number of hydrogen-bond donors (Lipinski definition) is 1. The summed E-state index contributed by atoms with van der Waals surface area (Å²) in [7, 11) is -3.67. The molecule has 0 aliphatic carbocycles. The Hall–Kier alpha value is -2.77. The number of anilines is 2. The van der Waals surface area contributed by atoms with Crippen LogP contribution in [0.3, 0.4) is 0 Å². The van der Waals surface area contributed by atoms with Gasteiger partial charge in [0.2, 0.25) is 15.9 Å². The molecular formula is C26H30N2O3S2. The summed E-state index contributed by atoms with van der Waals surface area (Å²) in [5.41, 5.74) is 4.31. The third-order valence-electron chi connectivity index (χ3n) is 5.44. The zero-order chi connectivity index (χ0) is 24.0. The molecule has 33 heavy (non-hydrogen) atoms. The number of benzene rings is 3. The lowest BCUT2D eigenvalue weighted by molar-refractivity contribution is -0.117. The van der Waals surface area contributed by atoms with E-state index in [1.165, 1.54) is 9.20 Å². The van der Waals surface area contributed by atoms with Crippen molar-refractivity contribution in [3.63, 3.8) is 0 Å². The van der Waals surface area contributed by atoms with Gasteiger partial charge in [-0.1, -0.05) is 43.3 Å². The third kappa shape index (κ3) is 6.62. The van der Waals surface area contributed by atoms with Crippen LogP contribution in [0.25, 0.3) is 0 Å². The molecule has 1 atom stereocenters. The number of sulfonamides is 1. The Bertz CT molecular complexity index is 1190. The molecule has 0 aromatic heterocycles. The molecule has 1 N–H and O–H groups in total. The highest BCUT2D eigenvalue weighted by Gasteiger charge is 2.31. The van der Waals surface area contributed by atoms with Crippen LogP contribution in [0.5, 0.6) is 0 Å². The van der Waals surface area contributed by atoms with Crippen LogP contribution in [-0.2, 0) is 20.6 Å². The van der Waals surface area contributed by atoms with Crippen molar-refractivity contribution in [3.05, 3.63) is 89.5 Å². The van der Waals surface area contributed by atoms with Crippen LogP contribution < -0.4 is 9.62 Å². The molecule has 3 rings (SSSR count). The second-order valence-corrected chi connectivity index (χ2v) is 10.9. The van der Waals surface area contributed by atoms with Crippen molar-refractivity contribution in [1.82, 2.24) is 0 Å². The summed E-state index contributed by atoms with van der Waals surface area (Å²) in [6.45, 7) is 5.71. The van der Waals surface area contributed by atoms with Crippen molar-refractivity contribution >= 4 is 39.1 Å². The summed E-state index contributed by atoms with van der Waals surface area (Å²) in [5.74, 6) is 0.470. The lowest BCUT2D eigenvalue weighted by atomic mass is 10.1. The number of carbonyl (C=O) groups is 1. The molecule has 5 nitrogen and oxygen atoms in total. The van der Waals surface area contributed by atoms with E-state index >= 15 is 0 Å². The van der Waals surface area contributed by atoms with Crippen molar-refractivity contribution in [2.24, 2.45) is 0 Å². The van der Waals surface area contributed by atoms with Crippen LogP contribution in [0.15, 0.2) is 77.7 Å². The molecule has 0 saturated heterocycles. The normalized spacial score (nSPS) is 12.2. The number of nitrogens with zero attached hydrogens (tertiary/aromatic N) is 1. The van der Waals surface area contributed by atoms with Crippen molar-refractivity contribution in [1.29, 1.82) is 0 Å². The maximum Gasteiger partial charge on any atom is 0.248 e. The van der Waals surface area contributed by atoms with Crippen LogP contribution in [0.2, 0.25) is 0 Å². The summed E-state index contributed by atoms with van der Waals surface area (Å²) in [6, 6.07) is 22.4. The molecule has 0 spiro atoms. The predicted octanol–water partition coefficient (Wildman–Crippen LogP) is 5.78. The Kier molecular flexibility index (Phi) is 8.21. The van der Waals surface area contributed by atoms with Crippen LogP contribution in [0, 0.1) is 13.8 Å². The zero-order valence-corrected chi connectivity index (χ0v) is 21.0. The fourth-order valence-corrected chi connectivity index (χ4v) is 5.60. The number of hydrogen-bond acceptors (Lipinski definition) is 4. The largest absolute Gasteiger partial charge is 0.324 e. The zero-order valence-electron chi connectivity index (χ0n) is 19.4. The van der Waals surface area contributed by atoms with E-state index in [2.05, 4.69) is 17.4 Å². The second kappa shape index (κ2) is 10.9. The van der Waals surface area contributed by atoms with Crippen molar-refractivity contribution in [3.8, 4) is 0 Å². The number of aryl methyl sites for hydroxylation is 2. The highest BCUT2D eigenvalue weighted by Crippen LogP contribution is 2.26. The topological polar surface area (TPSA) is 66.5 Å². The lowest BCUT2D eigenvalue weighted by Crippen LogP contribution is -2.47. The molecule has 0 aliphatic heterocycles. The van der Waals surface area contributed by atoms with Crippen molar-refractivity contribution in [2.75, 3.05) is 15.9 Å². The van der Waals surface area contributed by atoms with E-state index in [0.717, 1.165) is 28.7 Å². The summed E-state index contributed by atoms with van der Waals surface area (Å²) in [5, 5.41) is 2.89. The van der Waals surface area contributed by atoms with Gasteiger partial charge in [0.05, 0.1) is 11.9 Å². The number of thioether (sulfide) groups is 1. The van der Waals surface area contributed by atoms with Crippen molar-refractivity contribution < 1.29 is 13.2 Å². The number of nitrogens with one attached hydrogen (secondary N) is 1. The maximum absolute atomic E-state index is 13.1. The first-order valence-electron chi connectivity index (χ1n) is 10.8. The fraction of sp³-hybridized carbons (Fsp3) is 0.269. The monoisotopic (exact) mass is 482 g/mol. The Morgan fingerprint density at radius 2 is 1.64 bits per heavy atom. The second-order valence-electron chi connectivity index (χ2n) is 8.04. The van der Waals surface area contributed by atoms with Gasteiger partial charge in [0.15, 0.2) is 0 Å². The molecule has 3 aromatic rings. The van der Waals surface area contributed by atoms with Crippen LogP contribution in [-0.4, -0.2) is 26.6 Å². The van der Waals surface area contributed by atoms with Gasteiger partial charge in [-0.25, -0.2) is 8.42 Å². The molecule has 7 heteroatoms. The maximum atomic E-state index is 13.1. The molecule has 1 amide bonds. The van der Waals surface area contributed by atoms with Gasteiger partial charge in [-0.05, 0) is 73.4 Å². The smallest absolute Gasteiger partial charge is 0.248 e. The standard InChI is InChI=1S/C26H30N2O3S2/c1-5-25(28(33(4,30)31)23-16-11-19(2)20(3)17-23)26(29)27-22-14-12-21(13-15-22)18-32-24-9-7-6-8-10-24/h6-17,25H,5,18H2,1-4H3,(H,27,29)/t25-/m1/s1. The van der Waals surface area contributed by atoms with E-state index in [9.17, 15) is 13.2 Å². The van der Waals surface area contributed by atoms with Gasteiger partial charge in [0, 0.05) is 16.3 Å². The molecule has 0 unspecified atom stereocenters. The molecule has 0 radical (unpaired) electrons. The number of carbonyl (C=O) groups excluding carboxylic acids is 1. The van der Waals surface area contributed by atoms with E-state index in [4.69, 9.17) is 0 Å². The number of rotatable bonds is 9. The molecular weight excluding hydrogens is 452 g/mol. The minimum absolute atomic E-state index is 0.345. The van der Waals surface area contributed by atoms with Gasteiger partial charge in [0.25, 0.3) is 0 Å². The van der Waals surface area contributed by atoms with E-state index in [0.29, 0.717) is 17.8 Å². The average Bonchev–Trinajstić information content (AvgIpc) is 2.78. The Labute approximate surface area is 201 Å². The van der Waals surface area contributed by atoms with Gasteiger partial charge in [-0.15, -0.1) is 11.8 Å². The molecule has 0 saturated carbocycles. The van der Waals surface area contributed by atoms with Gasteiger partial charge in [-0.3, -0.25) is 9.10 Å². The van der Waals surface area contributed by atoms with Gasteiger partial charge >= 0.3 is 0 Å². The minimum Gasteiger partial charge on any atom is -0.324 e. The summed E-state index contributed by atoms with van der Waals surface area (Å²) in [6.07, 6.45) is 1.48.